The molecule has 0 aliphatic heterocycles. The highest BCUT2D eigenvalue weighted by Crippen LogP contribution is 2.25. The summed E-state index contributed by atoms with van der Waals surface area (Å²) in [5.74, 6) is 0.682. The van der Waals surface area contributed by atoms with Gasteiger partial charge in [-0.25, -0.2) is 13.1 Å². The average molecular weight is 466 g/mol. The van der Waals surface area contributed by atoms with Crippen molar-refractivity contribution in [2.45, 2.75) is 33.1 Å². The minimum absolute atomic E-state index is 0. The fourth-order valence-corrected chi connectivity index (χ4v) is 3.27. The standard InChI is InChI=1S/C16H26N4O2S.HI/c1-12-6-7-15(10-13(12)2)20-16(17)18-8-9-23(21,22)19-11-14-4-3-5-14;/h6-7,10,14,19H,3-5,8-9,11H2,1-2H3,(H3,17,18,20);1H. The Kier molecular flexibility index (Phi) is 8.44. The van der Waals surface area contributed by atoms with Gasteiger partial charge in [-0.15, -0.1) is 24.0 Å². The number of hydrogen-bond donors (Lipinski definition) is 3. The summed E-state index contributed by atoms with van der Waals surface area (Å²) in [5.41, 5.74) is 9.01. The largest absolute Gasteiger partial charge is 0.370 e. The Morgan fingerprint density at radius 2 is 2.00 bits per heavy atom. The van der Waals surface area contributed by atoms with Crippen LogP contribution in [0, 0.1) is 19.8 Å². The molecular weight excluding hydrogens is 439 g/mol. The lowest BCUT2D eigenvalue weighted by molar-refractivity contribution is 0.316. The molecule has 0 aromatic heterocycles. The van der Waals surface area contributed by atoms with Crippen molar-refractivity contribution in [3.8, 4) is 0 Å². The molecule has 6 nitrogen and oxygen atoms in total. The molecule has 1 aliphatic rings. The molecule has 1 aliphatic carbocycles. The van der Waals surface area contributed by atoms with E-state index < -0.39 is 10.0 Å². The molecule has 1 saturated carbocycles. The molecule has 24 heavy (non-hydrogen) atoms. The first kappa shape index (κ1) is 21.2. The van der Waals surface area contributed by atoms with Crippen LogP contribution in [0.15, 0.2) is 23.2 Å². The summed E-state index contributed by atoms with van der Waals surface area (Å²) in [5, 5.41) is 2.98. The van der Waals surface area contributed by atoms with Crippen molar-refractivity contribution < 1.29 is 8.42 Å². The molecule has 0 heterocycles. The lowest BCUT2D eigenvalue weighted by atomic mass is 9.86. The van der Waals surface area contributed by atoms with Gasteiger partial charge in [0.05, 0.1) is 12.3 Å². The lowest BCUT2D eigenvalue weighted by Crippen LogP contribution is -2.34. The third-order valence-electron chi connectivity index (χ3n) is 4.24. The normalized spacial score (nSPS) is 15.5. The number of rotatable bonds is 7. The molecule has 8 heteroatoms. The molecule has 0 spiro atoms. The fraction of sp³-hybridized carbons (Fsp3) is 0.562. The number of nitrogens with zero attached hydrogens (tertiary/aromatic N) is 1. The Bertz CT molecular complexity index is 673. The molecule has 0 saturated heterocycles. The highest BCUT2D eigenvalue weighted by Gasteiger charge is 2.19. The van der Waals surface area contributed by atoms with Crippen molar-refractivity contribution in [2.75, 3.05) is 24.2 Å². The molecule has 0 unspecified atom stereocenters. The Morgan fingerprint density at radius 3 is 2.58 bits per heavy atom. The maximum Gasteiger partial charge on any atom is 0.213 e. The Balaban J connectivity index is 0.00000288. The van der Waals surface area contributed by atoms with Crippen LogP contribution in [0.3, 0.4) is 0 Å². The first-order valence-corrected chi connectivity index (χ1v) is 9.62. The Labute approximate surface area is 161 Å². The van der Waals surface area contributed by atoms with Crippen molar-refractivity contribution in [3.63, 3.8) is 0 Å². The maximum absolute atomic E-state index is 11.9. The molecule has 4 N–H and O–H groups in total. The van der Waals surface area contributed by atoms with Gasteiger partial charge in [0.15, 0.2) is 5.96 Å². The van der Waals surface area contributed by atoms with Crippen molar-refractivity contribution in [1.82, 2.24) is 4.72 Å². The van der Waals surface area contributed by atoms with E-state index in [-0.39, 0.29) is 42.2 Å². The van der Waals surface area contributed by atoms with E-state index >= 15 is 0 Å². The van der Waals surface area contributed by atoms with Crippen LogP contribution >= 0.6 is 24.0 Å². The zero-order valence-electron chi connectivity index (χ0n) is 14.2. The lowest BCUT2D eigenvalue weighted by Gasteiger charge is -2.25. The van der Waals surface area contributed by atoms with E-state index in [4.69, 9.17) is 5.73 Å². The van der Waals surface area contributed by atoms with Crippen molar-refractivity contribution >= 4 is 45.6 Å². The van der Waals surface area contributed by atoms with Crippen LogP contribution in [0.2, 0.25) is 0 Å². The highest BCUT2D eigenvalue weighted by atomic mass is 127. The summed E-state index contributed by atoms with van der Waals surface area (Å²) in [6.45, 7) is 4.75. The quantitative estimate of drug-likeness (QED) is 0.327. The van der Waals surface area contributed by atoms with Gasteiger partial charge in [0, 0.05) is 12.2 Å². The third kappa shape index (κ3) is 6.94. The van der Waals surface area contributed by atoms with Crippen LogP contribution in [-0.4, -0.2) is 33.2 Å². The predicted molar refractivity (Wildman–Crippen MR) is 111 cm³/mol. The van der Waals surface area contributed by atoms with Crippen LogP contribution in [0.5, 0.6) is 0 Å². The van der Waals surface area contributed by atoms with E-state index in [1.165, 1.54) is 12.0 Å². The number of sulfonamides is 1. The summed E-state index contributed by atoms with van der Waals surface area (Å²) in [4.78, 5) is 4.08. The van der Waals surface area contributed by atoms with E-state index in [1.54, 1.807) is 0 Å². The molecule has 136 valence electrons. The van der Waals surface area contributed by atoms with Gasteiger partial charge in [0.25, 0.3) is 0 Å². The molecular formula is C16H27IN4O2S. The molecule has 1 aromatic rings. The molecule has 0 amide bonds. The van der Waals surface area contributed by atoms with Crippen LogP contribution in [0.25, 0.3) is 0 Å². The van der Waals surface area contributed by atoms with Gasteiger partial charge in [-0.05, 0) is 55.9 Å². The number of guanidine groups is 1. The molecule has 1 aromatic carbocycles. The van der Waals surface area contributed by atoms with E-state index in [0.29, 0.717) is 12.5 Å². The second-order valence-electron chi connectivity index (χ2n) is 6.16. The van der Waals surface area contributed by atoms with Gasteiger partial charge in [-0.1, -0.05) is 12.5 Å². The van der Waals surface area contributed by atoms with Crippen LogP contribution in [0.1, 0.15) is 30.4 Å². The van der Waals surface area contributed by atoms with Crippen molar-refractivity contribution in [2.24, 2.45) is 16.6 Å². The summed E-state index contributed by atoms with van der Waals surface area (Å²) < 4.78 is 26.4. The molecule has 0 radical (unpaired) electrons. The first-order chi connectivity index (χ1) is 10.9. The van der Waals surface area contributed by atoms with Crippen LogP contribution < -0.4 is 15.8 Å². The van der Waals surface area contributed by atoms with E-state index in [9.17, 15) is 8.42 Å². The maximum atomic E-state index is 11.9. The molecule has 2 rings (SSSR count). The monoisotopic (exact) mass is 466 g/mol. The number of aryl methyl sites for hydroxylation is 2. The first-order valence-electron chi connectivity index (χ1n) is 7.97. The zero-order chi connectivity index (χ0) is 16.9. The molecule has 1 fully saturated rings. The Morgan fingerprint density at radius 1 is 1.29 bits per heavy atom. The molecule has 0 atom stereocenters. The van der Waals surface area contributed by atoms with E-state index in [2.05, 4.69) is 15.0 Å². The predicted octanol–water partition coefficient (Wildman–Crippen LogP) is 2.37. The SMILES string of the molecule is Cc1ccc(NC(N)=NCCS(=O)(=O)NCC2CCC2)cc1C.I. The Hall–Kier alpha value is -0.870. The van der Waals surface area contributed by atoms with Crippen molar-refractivity contribution in [1.29, 1.82) is 0 Å². The number of nitrogens with two attached hydrogens (primary N) is 1. The number of hydrogen-bond acceptors (Lipinski definition) is 3. The summed E-state index contributed by atoms with van der Waals surface area (Å²) in [7, 11) is -3.27. The zero-order valence-corrected chi connectivity index (χ0v) is 17.4. The summed E-state index contributed by atoms with van der Waals surface area (Å²) >= 11 is 0. The number of nitrogens with one attached hydrogen (secondary N) is 2. The third-order valence-corrected chi connectivity index (χ3v) is 5.56. The van der Waals surface area contributed by atoms with E-state index in [1.807, 2.05) is 32.0 Å². The fourth-order valence-electron chi connectivity index (χ4n) is 2.31. The minimum atomic E-state index is -3.27. The second kappa shape index (κ2) is 9.57. The van der Waals surface area contributed by atoms with Crippen LogP contribution in [0.4, 0.5) is 5.69 Å². The topological polar surface area (TPSA) is 96.6 Å². The number of aliphatic imine (C=N–C) groups is 1. The van der Waals surface area contributed by atoms with Gasteiger partial charge >= 0.3 is 0 Å². The van der Waals surface area contributed by atoms with Gasteiger partial charge in [0.1, 0.15) is 0 Å². The number of anilines is 1. The van der Waals surface area contributed by atoms with Crippen LogP contribution in [-0.2, 0) is 10.0 Å². The number of benzene rings is 1. The van der Waals surface area contributed by atoms with Gasteiger partial charge in [-0.2, -0.15) is 0 Å². The van der Waals surface area contributed by atoms with Crippen molar-refractivity contribution in [3.05, 3.63) is 29.3 Å². The van der Waals surface area contributed by atoms with E-state index in [0.717, 1.165) is 24.1 Å². The summed E-state index contributed by atoms with van der Waals surface area (Å²) in [6, 6.07) is 5.90. The van der Waals surface area contributed by atoms with Gasteiger partial charge in [-0.3, -0.25) is 4.99 Å². The molecule has 0 bridgehead atoms. The van der Waals surface area contributed by atoms with Gasteiger partial charge in [0.2, 0.25) is 10.0 Å². The minimum Gasteiger partial charge on any atom is -0.370 e. The highest BCUT2D eigenvalue weighted by molar-refractivity contribution is 14.0. The number of halogens is 1. The second-order valence-corrected chi connectivity index (χ2v) is 8.08. The van der Waals surface area contributed by atoms with Gasteiger partial charge < -0.3 is 11.1 Å². The average Bonchev–Trinajstić information content (AvgIpc) is 2.41. The summed E-state index contributed by atoms with van der Waals surface area (Å²) in [6.07, 6.45) is 3.44. The smallest absolute Gasteiger partial charge is 0.213 e.